The molecule has 2 heterocycles. The van der Waals surface area contributed by atoms with Crippen LogP contribution in [0.25, 0.3) is 0 Å². The summed E-state index contributed by atoms with van der Waals surface area (Å²) in [7, 11) is 0. The van der Waals surface area contributed by atoms with E-state index in [-0.39, 0.29) is 23.9 Å². The van der Waals surface area contributed by atoms with E-state index in [1.54, 1.807) is 6.20 Å². The van der Waals surface area contributed by atoms with Gasteiger partial charge in [-0.05, 0) is 40.0 Å². The zero-order valence-electron chi connectivity index (χ0n) is 16.1. The lowest BCUT2D eigenvalue weighted by molar-refractivity contribution is -0.136. The molecule has 0 aromatic carbocycles. The zero-order valence-corrected chi connectivity index (χ0v) is 16.1. The van der Waals surface area contributed by atoms with Crippen LogP contribution in [0.2, 0.25) is 0 Å². The second kappa shape index (κ2) is 8.20. The van der Waals surface area contributed by atoms with Crippen LogP contribution in [0.5, 0.6) is 0 Å². The second-order valence-electron chi connectivity index (χ2n) is 7.48. The van der Waals surface area contributed by atoms with Crippen molar-refractivity contribution in [3.05, 3.63) is 17.7 Å². The van der Waals surface area contributed by atoms with Crippen molar-refractivity contribution in [2.24, 2.45) is 0 Å². The number of likely N-dealkylation sites (N-methyl/N-ethyl adjacent to an activating group) is 1. The normalized spacial score (nSPS) is 24.1. The van der Waals surface area contributed by atoms with Gasteiger partial charge in [-0.3, -0.25) is 14.5 Å². The van der Waals surface area contributed by atoms with E-state index in [0.717, 1.165) is 38.2 Å². The summed E-state index contributed by atoms with van der Waals surface area (Å²) in [5.41, 5.74) is 0.865. The van der Waals surface area contributed by atoms with Crippen LogP contribution in [-0.2, 0) is 4.79 Å². The van der Waals surface area contributed by atoms with Crippen LogP contribution in [0.1, 0.15) is 62.3 Å². The van der Waals surface area contributed by atoms with Crippen molar-refractivity contribution in [1.29, 1.82) is 0 Å². The lowest BCUT2D eigenvalue weighted by Gasteiger charge is -2.32. The summed E-state index contributed by atoms with van der Waals surface area (Å²) in [5.74, 6) is 0.353. The van der Waals surface area contributed by atoms with E-state index in [1.165, 1.54) is 12.8 Å². The first-order chi connectivity index (χ1) is 12.5. The van der Waals surface area contributed by atoms with Gasteiger partial charge >= 0.3 is 0 Å². The Hall–Kier alpha value is -1.89. The zero-order chi connectivity index (χ0) is 18.7. The Morgan fingerprint density at radius 3 is 2.58 bits per heavy atom. The molecule has 1 saturated heterocycles. The predicted octanol–water partition coefficient (Wildman–Crippen LogP) is 1.70. The van der Waals surface area contributed by atoms with Crippen LogP contribution in [0.4, 0.5) is 0 Å². The van der Waals surface area contributed by atoms with Crippen molar-refractivity contribution in [3.8, 4) is 0 Å². The molecule has 26 heavy (non-hydrogen) atoms. The van der Waals surface area contributed by atoms with Gasteiger partial charge in [-0.2, -0.15) is 0 Å². The number of likely N-dealkylation sites (tertiary alicyclic amines) is 1. The summed E-state index contributed by atoms with van der Waals surface area (Å²) in [5, 5.41) is 3.08. The molecule has 0 unspecified atom stereocenters. The molecular weight excluding hydrogens is 330 g/mol. The minimum absolute atomic E-state index is 0.0157. The molecule has 2 fully saturated rings. The third-order valence-corrected chi connectivity index (χ3v) is 5.75. The second-order valence-corrected chi connectivity index (χ2v) is 7.48. The van der Waals surface area contributed by atoms with Crippen molar-refractivity contribution < 1.29 is 9.59 Å². The Morgan fingerprint density at radius 2 is 2.00 bits per heavy atom. The Morgan fingerprint density at radius 1 is 1.31 bits per heavy atom. The molecule has 1 aliphatic heterocycles. The van der Waals surface area contributed by atoms with Gasteiger partial charge in [0, 0.05) is 43.6 Å². The van der Waals surface area contributed by atoms with Crippen molar-refractivity contribution in [2.45, 2.75) is 71.0 Å². The topological polar surface area (TPSA) is 81.3 Å². The minimum atomic E-state index is -0.189. The van der Waals surface area contributed by atoms with Gasteiger partial charge in [-0.25, -0.2) is 4.98 Å². The maximum Gasteiger partial charge on any atom is 0.287 e. The Bertz CT molecular complexity index is 634. The molecule has 7 heteroatoms. The number of hydrogen-bond donors (Lipinski definition) is 2. The van der Waals surface area contributed by atoms with Gasteiger partial charge in [0.2, 0.25) is 5.91 Å². The van der Waals surface area contributed by atoms with Crippen LogP contribution in [0.3, 0.4) is 0 Å². The van der Waals surface area contributed by atoms with E-state index in [0.29, 0.717) is 18.3 Å². The van der Waals surface area contributed by atoms with Gasteiger partial charge in [-0.1, -0.05) is 12.8 Å². The maximum atomic E-state index is 13.0. The molecule has 1 aromatic rings. The van der Waals surface area contributed by atoms with Crippen LogP contribution < -0.4 is 5.32 Å². The van der Waals surface area contributed by atoms with Gasteiger partial charge in [0.1, 0.15) is 0 Å². The van der Waals surface area contributed by atoms with Crippen molar-refractivity contribution in [2.75, 3.05) is 19.6 Å². The van der Waals surface area contributed by atoms with Gasteiger partial charge in [0.15, 0.2) is 5.82 Å². The highest BCUT2D eigenvalue weighted by atomic mass is 16.2. The minimum Gasteiger partial charge on any atom is -0.345 e. The van der Waals surface area contributed by atoms with Crippen LogP contribution in [0, 0.1) is 6.92 Å². The molecule has 1 aromatic heterocycles. The molecule has 0 bridgehead atoms. The van der Waals surface area contributed by atoms with Crippen LogP contribution >= 0.6 is 0 Å². The van der Waals surface area contributed by atoms with Crippen LogP contribution in [0.15, 0.2) is 6.20 Å². The number of nitrogens with one attached hydrogen (secondary N) is 2. The largest absolute Gasteiger partial charge is 0.345 e. The molecular formula is C19H31N5O2. The summed E-state index contributed by atoms with van der Waals surface area (Å²) >= 11 is 0. The summed E-state index contributed by atoms with van der Waals surface area (Å²) in [4.78, 5) is 36.8. The number of rotatable bonds is 6. The average molecular weight is 361 g/mol. The molecule has 2 N–H and O–H groups in total. The molecule has 2 amide bonds. The van der Waals surface area contributed by atoms with E-state index in [9.17, 15) is 9.59 Å². The fourth-order valence-electron chi connectivity index (χ4n) is 4.38. The highest BCUT2D eigenvalue weighted by Crippen LogP contribution is 2.31. The number of imidazole rings is 1. The number of aromatic nitrogens is 2. The van der Waals surface area contributed by atoms with Crippen LogP contribution in [-0.4, -0.2) is 69.3 Å². The first kappa shape index (κ1) is 18.9. The van der Waals surface area contributed by atoms with E-state index in [4.69, 9.17) is 0 Å². The maximum absolute atomic E-state index is 13.0. The Kier molecular flexibility index (Phi) is 5.96. The number of aromatic amines is 1. The highest BCUT2D eigenvalue weighted by molar-refractivity contribution is 5.91. The summed E-state index contributed by atoms with van der Waals surface area (Å²) in [6.07, 6.45) is 7.10. The number of aryl methyl sites for hydroxylation is 1. The van der Waals surface area contributed by atoms with E-state index < -0.39 is 0 Å². The number of nitrogens with zero attached hydrogens (tertiary/aromatic N) is 3. The van der Waals surface area contributed by atoms with E-state index in [2.05, 4.69) is 20.2 Å². The van der Waals surface area contributed by atoms with E-state index in [1.807, 2.05) is 25.7 Å². The number of carbonyl (C=O) groups is 2. The molecule has 3 rings (SSSR count). The molecule has 0 spiro atoms. The van der Waals surface area contributed by atoms with Gasteiger partial charge in [0.25, 0.3) is 5.91 Å². The number of amides is 2. The smallest absolute Gasteiger partial charge is 0.287 e. The molecule has 144 valence electrons. The van der Waals surface area contributed by atoms with Gasteiger partial charge < -0.3 is 15.2 Å². The molecule has 2 aliphatic rings. The third kappa shape index (κ3) is 3.92. The molecule has 7 nitrogen and oxygen atoms in total. The first-order valence-corrected chi connectivity index (χ1v) is 9.90. The monoisotopic (exact) mass is 361 g/mol. The van der Waals surface area contributed by atoms with Crippen molar-refractivity contribution >= 4 is 11.8 Å². The Labute approximate surface area is 155 Å². The number of carbonyl (C=O) groups excluding carboxylic acids is 2. The molecule has 1 aliphatic carbocycles. The summed E-state index contributed by atoms with van der Waals surface area (Å²) < 4.78 is 0. The summed E-state index contributed by atoms with van der Waals surface area (Å²) in [6, 6.07) is 0.326. The number of H-pyrrole nitrogens is 1. The SMILES string of the molecule is CCN(CC)C(=O)[C@@H]1C[C@@H](NC(=O)c2ncc(C)[nH]2)CN1C1CCCC1. The number of hydrogen-bond acceptors (Lipinski definition) is 4. The highest BCUT2D eigenvalue weighted by Gasteiger charge is 2.42. The van der Waals surface area contributed by atoms with Crippen molar-refractivity contribution in [3.63, 3.8) is 0 Å². The quantitative estimate of drug-likeness (QED) is 0.808. The molecule has 1 saturated carbocycles. The third-order valence-electron chi connectivity index (χ3n) is 5.75. The standard InChI is InChI=1S/C19H31N5O2/c1-4-23(5-2)19(26)16-10-14(12-24(16)15-8-6-7-9-15)22-18(25)17-20-11-13(3)21-17/h11,14-16H,4-10,12H2,1-3H3,(H,20,21)(H,22,25)/t14-,16+/m1/s1. The van der Waals surface area contributed by atoms with E-state index >= 15 is 0 Å². The fraction of sp³-hybridized carbons (Fsp3) is 0.737. The van der Waals surface area contributed by atoms with Crippen molar-refractivity contribution in [1.82, 2.24) is 25.1 Å². The molecule has 0 radical (unpaired) electrons. The average Bonchev–Trinajstić information content (AvgIpc) is 3.35. The fourth-order valence-corrected chi connectivity index (χ4v) is 4.38. The first-order valence-electron chi connectivity index (χ1n) is 9.90. The summed E-state index contributed by atoms with van der Waals surface area (Å²) in [6.45, 7) is 8.12. The van der Waals surface area contributed by atoms with Gasteiger partial charge in [0.05, 0.1) is 6.04 Å². The molecule has 2 atom stereocenters. The lowest BCUT2D eigenvalue weighted by atomic mass is 10.1. The Balaban J connectivity index is 1.70. The lowest BCUT2D eigenvalue weighted by Crippen LogP contribution is -2.48. The van der Waals surface area contributed by atoms with Gasteiger partial charge in [-0.15, -0.1) is 0 Å². The predicted molar refractivity (Wildman–Crippen MR) is 99.9 cm³/mol.